The van der Waals surface area contributed by atoms with Crippen LogP contribution in [0.3, 0.4) is 0 Å². The number of ketones is 1. The van der Waals surface area contributed by atoms with Gasteiger partial charge in [0.1, 0.15) is 0 Å². The first-order valence-electron chi connectivity index (χ1n) is 11.3. The van der Waals surface area contributed by atoms with Crippen LogP contribution in [0.4, 0.5) is 0 Å². The molecule has 1 aliphatic carbocycles. The SMILES string of the molecule is COC(=O)C1=C(C)NC2=C(C(=O)CC(C)(C)C2)[C@H]1c1cccc(-c2ccc3[nH]ccc3c2)c1. The minimum Gasteiger partial charge on any atom is -0.466 e. The van der Waals surface area contributed by atoms with E-state index >= 15 is 0 Å². The Morgan fingerprint density at radius 3 is 2.64 bits per heavy atom. The quantitative estimate of drug-likeness (QED) is 0.519. The third kappa shape index (κ3) is 3.67. The second-order valence-corrected chi connectivity index (χ2v) is 9.83. The van der Waals surface area contributed by atoms with Gasteiger partial charge in [-0.1, -0.05) is 44.2 Å². The van der Waals surface area contributed by atoms with Crippen LogP contribution >= 0.6 is 0 Å². The monoisotopic (exact) mass is 440 g/mol. The van der Waals surface area contributed by atoms with Gasteiger partial charge in [-0.3, -0.25) is 4.79 Å². The van der Waals surface area contributed by atoms with Gasteiger partial charge < -0.3 is 15.0 Å². The van der Waals surface area contributed by atoms with Gasteiger partial charge in [-0.15, -0.1) is 0 Å². The van der Waals surface area contributed by atoms with Crippen LogP contribution in [0.1, 0.15) is 45.1 Å². The van der Waals surface area contributed by atoms with Crippen LogP contribution < -0.4 is 5.32 Å². The van der Waals surface area contributed by atoms with Crippen molar-refractivity contribution in [3.05, 3.63) is 82.8 Å². The minimum atomic E-state index is -0.451. The van der Waals surface area contributed by atoms with Crippen molar-refractivity contribution >= 4 is 22.7 Å². The van der Waals surface area contributed by atoms with Crippen LogP contribution in [-0.4, -0.2) is 23.8 Å². The molecular formula is C28H28N2O3. The summed E-state index contributed by atoms with van der Waals surface area (Å²) in [5.74, 6) is -0.770. The highest BCUT2D eigenvalue weighted by Gasteiger charge is 2.43. The highest BCUT2D eigenvalue weighted by molar-refractivity contribution is 6.04. The fraction of sp³-hybridized carbons (Fsp3) is 0.286. The van der Waals surface area contributed by atoms with Gasteiger partial charge >= 0.3 is 5.97 Å². The van der Waals surface area contributed by atoms with Crippen LogP contribution in [-0.2, 0) is 14.3 Å². The molecule has 5 rings (SSSR count). The largest absolute Gasteiger partial charge is 0.466 e. The first kappa shape index (κ1) is 21.3. The van der Waals surface area contributed by atoms with E-state index in [1.165, 1.54) is 7.11 Å². The van der Waals surface area contributed by atoms with Crippen molar-refractivity contribution in [3.8, 4) is 11.1 Å². The number of H-pyrrole nitrogens is 1. The summed E-state index contributed by atoms with van der Waals surface area (Å²) in [5, 5.41) is 4.51. The molecule has 168 valence electrons. The molecule has 3 aromatic rings. The average Bonchev–Trinajstić information content (AvgIpc) is 3.25. The molecule has 5 nitrogen and oxygen atoms in total. The number of nitrogens with one attached hydrogen (secondary N) is 2. The number of benzene rings is 2. The van der Waals surface area contributed by atoms with E-state index < -0.39 is 11.9 Å². The molecule has 2 N–H and O–H groups in total. The molecule has 2 heterocycles. The standard InChI is InChI=1S/C28H28N2O3/c1-16-24(27(32)33-4)25(26-22(30-16)14-28(2,3)15-23(26)31)20-7-5-6-17(13-20)18-8-9-21-19(12-18)10-11-29-21/h5-13,25,29-30H,14-15H2,1-4H3/t25-/m0/s1. The summed E-state index contributed by atoms with van der Waals surface area (Å²) in [7, 11) is 1.39. The number of hydrogen-bond acceptors (Lipinski definition) is 4. The van der Waals surface area contributed by atoms with E-state index in [9.17, 15) is 9.59 Å². The van der Waals surface area contributed by atoms with E-state index in [0.29, 0.717) is 17.6 Å². The van der Waals surface area contributed by atoms with Gasteiger partial charge in [0.15, 0.2) is 5.78 Å². The first-order chi connectivity index (χ1) is 15.8. The van der Waals surface area contributed by atoms with E-state index in [0.717, 1.165) is 45.4 Å². The second-order valence-electron chi connectivity index (χ2n) is 9.83. The molecule has 1 aromatic heterocycles. The molecule has 0 bridgehead atoms. The van der Waals surface area contributed by atoms with Gasteiger partial charge in [-0.25, -0.2) is 4.79 Å². The van der Waals surface area contributed by atoms with Gasteiger partial charge in [-0.2, -0.15) is 0 Å². The lowest BCUT2D eigenvalue weighted by Crippen LogP contribution is -2.38. The maximum atomic E-state index is 13.4. The number of carbonyl (C=O) groups excluding carboxylic acids is 2. The zero-order chi connectivity index (χ0) is 23.3. The number of allylic oxidation sites excluding steroid dienone is 3. The lowest BCUT2D eigenvalue weighted by Gasteiger charge is -2.39. The number of methoxy groups -OCH3 is 1. The first-order valence-corrected chi connectivity index (χ1v) is 11.3. The topological polar surface area (TPSA) is 71.2 Å². The molecule has 0 radical (unpaired) electrons. The number of dihydropyridines is 1. The smallest absolute Gasteiger partial charge is 0.336 e. The van der Waals surface area contributed by atoms with E-state index in [2.05, 4.69) is 60.5 Å². The number of carbonyl (C=O) groups is 2. The number of esters is 1. The number of hydrogen-bond donors (Lipinski definition) is 2. The van der Waals surface area contributed by atoms with Crippen molar-refractivity contribution in [3.63, 3.8) is 0 Å². The number of aromatic nitrogens is 1. The molecule has 33 heavy (non-hydrogen) atoms. The third-order valence-corrected chi connectivity index (χ3v) is 6.75. The Balaban J connectivity index is 1.66. The Morgan fingerprint density at radius 1 is 1.06 bits per heavy atom. The van der Waals surface area contributed by atoms with E-state index in [4.69, 9.17) is 4.74 Å². The summed E-state index contributed by atoms with van der Waals surface area (Å²) in [6, 6.07) is 16.5. The zero-order valence-corrected chi connectivity index (χ0v) is 19.4. The van der Waals surface area contributed by atoms with Crippen LogP contribution in [0, 0.1) is 5.41 Å². The number of aromatic amines is 1. The minimum absolute atomic E-state index is 0.0896. The molecule has 1 aliphatic heterocycles. The van der Waals surface area contributed by atoms with Crippen LogP contribution in [0.5, 0.6) is 0 Å². The van der Waals surface area contributed by atoms with Crippen molar-refractivity contribution in [1.82, 2.24) is 10.3 Å². The van der Waals surface area contributed by atoms with Gasteiger partial charge in [0.05, 0.1) is 12.7 Å². The molecule has 2 aromatic carbocycles. The second kappa shape index (κ2) is 7.77. The van der Waals surface area contributed by atoms with Crippen LogP contribution in [0.15, 0.2) is 77.3 Å². The molecule has 0 spiro atoms. The molecule has 2 aliphatic rings. The lowest BCUT2D eigenvalue weighted by molar-refractivity contribution is -0.136. The Kier molecular flexibility index (Phi) is 5.00. The summed E-state index contributed by atoms with van der Waals surface area (Å²) in [5.41, 5.74) is 6.88. The number of ether oxygens (including phenoxy) is 1. The highest BCUT2D eigenvalue weighted by Crippen LogP contribution is 2.47. The van der Waals surface area contributed by atoms with Crippen molar-refractivity contribution in [2.75, 3.05) is 7.11 Å². The summed E-state index contributed by atoms with van der Waals surface area (Å²) in [6.07, 6.45) is 3.15. The van der Waals surface area contributed by atoms with Crippen molar-refractivity contribution in [2.24, 2.45) is 5.41 Å². The predicted molar refractivity (Wildman–Crippen MR) is 129 cm³/mol. The molecule has 5 heteroatoms. The molecule has 0 saturated heterocycles. The van der Waals surface area contributed by atoms with E-state index in [1.807, 2.05) is 25.3 Å². The number of rotatable bonds is 3. The molecule has 0 unspecified atom stereocenters. The molecule has 1 atom stereocenters. The van der Waals surface area contributed by atoms with Crippen LogP contribution in [0.25, 0.3) is 22.0 Å². The Labute approximate surface area is 193 Å². The molecular weight excluding hydrogens is 412 g/mol. The normalized spacial score (nSPS) is 20.0. The average molecular weight is 441 g/mol. The fourth-order valence-electron chi connectivity index (χ4n) is 5.28. The molecule has 0 amide bonds. The Morgan fingerprint density at radius 2 is 1.85 bits per heavy atom. The van der Waals surface area contributed by atoms with Crippen molar-refractivity contribution in [2.45, 2.75) is 39.5 Å². The van der Waals surface area contributed by atoms with Crippen molar-refractivity contribution < 1.29 is 14.3 Å². The summed E-state index contributed by atoms with van der Waals surface area (Å²) >= 11 is 0. The van der Waals surface area contributed by atoms with Gasteiger partial charge in [0, 0.05) is 41.0 Å². The number of Topliss-reactive ketones (excluding diaryl/α,β-unsaturated/α-hetero) is 1. The zero-order valence-electron chi connectivity index (χ0n) is 19.4. The Bertz CT molecular complexity index is 1360. The summed E-state index contributed by atoms with van der Waals surface area (Å²) in [4.78, 5) is 29.5. The predicted octanol–water partition coefficient (Wildman–Crippen LogP) is 5.61. The van der Waals surface area contributed by atoms with Gasteiger partial charge in [0.2, 0.25) is 0 Å². The van der Waals surface area contributed by atoms with E-state index in [-0.39, 0.29) is 11.2 Å². The maximum Gasteiger partial charge on any atom is 0.336 e. The number of fused-ring (bicyclic) bond motifs is 1. The van der Waals surface area contributed by atoms with E-state index in [1.54, 1.807) is 0 Å². The summed E-state index contributed by atoms with van der Waals surface area (Å²) < 4.78 is 5.15. The van der Waals surface area contributed by atoms with Crippen LogP contribution in [0.2, 0.25) is 0 Å². The molecule has 0 fully saturated rings. The lowest BCUT2D eigenvalue weighted by atomic mass is 9.68. The van der Waals surface area contributed by atoms with Gasteiger partial charge in [0.25, 0.3) is 0 Å². The maximum absolute atomic E-state index is 13.4. The third-order valence-electron chi connectivity index (χ3n) is 6.75. The Hall–Kier alpha value is -3.60. The van der Waals surface area contributed by atoms with Gasteiger partial charge in [-0.05, 0) is 59.0 Å². The van der Waals surface area contributed by atoms with Crippen molar-refractivity contribution in [1.29, 1.82) is 0 Å². The summed E-state index contributed by atoms with van der Waals surface area (Å²) in [6.45, 7) is 6.11. The molecule has 0 saturated carbocycles. The highest BCUT2D eigenvalue weighted by atomic mass is 16.5. The fourth-order valence-corrected chi connectivity index (χ4v) is 5.28.